The van der Waals surface area contributed by atoms with Gasteiger partial charge >= 0.3 is 6.01 Å². The summed E-state index contributed by atoms with van der Waals surface area (Å²) in [5.41, 5.74) is 2.12. The Bertz CT molecular complexity index is 660. The van der Waals surface area contributed by atoms with Crippen LogP contribution in [0.5, 0.6) is 0 Å². The summed E-state index contributed by atoms with van der Waals surface area (Å²) in [4.78, 5) is 0. The van der Waals surface area contributed by atoms with E-state index in [2.05, 4.69) is 0 Å². The maximum atomic E-state index is 13.4. The lowest BCUT2D eigenvalue weighted by molar-refractivity contribution is -0.128. The Morgan fingerprint density at radius 3 is 1.84 bits per heavy atom. The highest BCUT2D eigenvalue weighted by Gasteiger charge is 2.30. The van der Waals surface area contributed by atoms with Crippen LogP contribution in [0.1, 0.15) is 11.1 Å². The molecule has 2 atom stereocenters. The van der Waals surface area contributed by atoms with Gasteiger partial charge in [-0.2, -0.15) is 4.39 Å². The Morgan fingerprint density at radius 2 is 1.28 bits per heavy atom. The molecule has 5 heteroatoms. The fourth-order valence-electron chi connectivity index (χ4n) is 2.50. The minimum atomic E-state index is -0.743. The molecular formula is C20H21FO4. The Balaban J connectivity index is 1.46. The summed E-state index contributed by atoms with van der Waals surface area (Å²) in [6.07, 6.45) is 0.00742. The molecule has 0 amide bonds. The van der Waals surface area contributed by atoms with Gasteiger partial charge in [-0.05, 0) is 11.1 Å². The quantitative estimate of drug-likeness (QED) is 0.726. The van der Waals surface area contributed by atoms with Crippen LogP contribution >= 0.6 is 0 Å². The lowest BCUT2D eigenvalue weighted by Crippen LogP contribution is -2.40. The lowest BCUT2D eigenvalue weighted by atomic mass is 10.2. The minimum Gasteiger partial charge on any atom is -0.485 e. The van der Waals surface area contributed by atoms with Crippen LogP contribution in [0.25, 0.3) is 0 Å². The van der Waals surface area contributed by atoms with Crippen LogP contribution in [0.4, 0.5) is 4.39 Å². The fourth-order valence-corrected chi connectivity index (χ4v) is 2.50. The molecule has 2 unspecified atom stereocenters. The van der Waals surface area contributed by atoms with Crippen molar-refractivity contribution in [3.05, 3.63) is 84.1 Å². The summed E-state index contributed by atoms with van der Waals surface area (Å²) in [6.45, 7) is 1.40. The summed E-state index contributed by atoms with van der Waals surface area (Å²) in [5.74, 6) is 0. The highest BCUT2D eigenvalue weighted by atomic mass is 19.1. The van der Waals surface area contributed by atoms with E-state index in [4.69, 9.17) is 18.9 Å². The molecule has 1 aliphatic rings. The number of hydrogen-bond acceptors (Lipinski definition) is 4. The van der Waals surface area contributed by atoms with E-state index in [1.165, 1.54) is 0 Å². The summed E-state index contributed by atoms with van der Waals surface area (Å²) in [5, 5.41) is 0. The van der Waals surface area contributed by atoms with E-state index in [0.717, 1.165) is 17.4 Å². The number of hydrogen-bond donors (Lipinski definition) is 0. The Labute approximate surface area is 146 Å². The first-order valence-electron chi connectivity index (χ1n) is 8.22. The minimum absolute atomic E-state index is 0.218. The third-order valence-electron chi connectivity index (χ3n) is 3.80. The van der Waals surface area contributed by atoms with Crippen molar-refractivity contribution in [2.24, 2.45) is 0 Å². The largest absolute Gasteiger partial charge is 0.485 e. The Kier molecular flexibility index (Phi) is 6.42. The average molecular weight is 344 g/mol. The van der Waals surface area contributed by atoms with Crippen LogP contribution in [0.3, 0.4) is 0 Å². The van der Waals surface area contributed by atoms with E-state index >= 15 is 0 Å². The second-order valence-electron chi connectivity index (χ2n) is 5.75. The van der Waals surface area contributed by atoms with Gasteiger partial charge in [0.15, 0.2) is 18.5 Å². The van der Waals surface area contributed by atoms with Gasteiger partial charge in [0, 0.05) is 0 Å². The van der Waals surface area contributed by atoms with Crippen molar-refractivity contribution in [1.82, 2.24) is 0 Å². The molecule has 0 saturated heterocycles. The Hall–Kier alpha value is -2.37. The van der Waals surface area contributed by atoms with Gasteiger partial charge < -0.3 is 18.9 Å². The molecular weight excluding hydrogens is 323 g/mol. The maximum Gasteiger partial charge on any atom is 0.308 e. The highest BCUT2D eigenvalue weighted by Crippen LogP contribution is 2.19. The van der Waals surface area contributed by atoms with Crippen LogP contribution in [0.15, 0.2) is 72.9 Å². The average Bonchev–Trinajstić information content (AvgIpc) is 2.65. The van der Waals surface area contributed by atoms with E-state index in [-0.39, 0.29) is 13.2 Å². The summed E-state index contributed by atoms with van der Waals surface area (Å²) >= 11 is 0. The molecule has 0 bridgehead atoms. The second kappa shape index (κ2) is 9.20. The van der Waals surface area contributed by atoms with Crippen LogP contribution in [0, 0.1) is 0 Å². The third kappa shape index (κ3) is 5.59. The fraction of sp³-hybridized carbons (Fsp3) is 0.300. The maximum absolute atomic E-state index is 13.4. The van der Waals surface area contributed by atoms with Crippen molar-refractivity contribution in [3.8, 4) is 0 Å². The molecule has 4 nitrogen and oxygen atoms in total. The molecule has 1 heterocycles. The van der Waals surface area contributed by atoms with Gasteiger partial charge in [0.1, 0.15) is 0 Å². The van der Waals surface area contributed by atoms with Crippen LogP contribution in [0.2, 0.25) is 0 Å². The first kappa shape index (κ1) is 17.5. The smallest absolute Gasteiger partial charge is 0.308 e. The summed E-state index contributed by atoms with van der Waals surface area (Å²) in [6, 6.07) is 18.9. The molecule has 25 heavy (non-hydrogen) atoms. The highest BCUT2D eigenvalue weighted by molar-refractivity contribution is 5.14. The normalized spacial score (nSPS) is 19.6. The predicted octanol–water partition coefficient (Wildman–Crippen LogP) is 3.97. The van der Waals surface area contributed by atoms with Gasteiger partial charge in [0.2, 0.25) is 0 Å². The van der Waals surface area contributed by atoms with E-state index in [1.54, 1.807) is 0 Å². The van der Waals surface area contributed by atoms with Crippen molar-refractivity contribution >= 4 is 0 Å². The summed E-state index contributed by atoms with van der Waals surface area (Å²) < 4.78 is 35.3. The molecule has 0 aliphatic carbocycles. The van der Waals surface area contributed by atoms with Gasteiger partial charge in [-0.3, -0.25) is 0 Å². The predicted molar refractivity (Wildman–Crippen MR) is 91.1 cm³/mol. The first-order valence-corrected chi connectivity index (χ1v) is 8.22. The van der Waals surface area contributed by atoms with Crippen molar-refractivity contribution in [2.75, 3.05) is 13.2 Å². The molecule has 0 radical (unpaired) electrons. The van der Waals surface area contributed by atoms with Crippen molar-refractivity contribution < 1.29 is 23.3 Å². The van der Waals surface area contributed by atoms with Gasteiger partial charge in [-0.1, -0.05) is 60.7 Å². The van der Waals surface area contributed by atoms with Crippen LogP contribution in [-0.2, 0) is 32.2 Å². The molecule has 0 saturated carbocycles. The molecule has 0 fully saturated rings. The zero-order chi connectivity index (χ0) is 17.3. The molecule has 2 aromatic carbocycles. The van der Waals surface area contributed by atoms with E-state index in [1.807, 2.05) is 60.7 Å². The summed E-state index contributed by atoms with van der Waals surface area (Å²) in [7, 11) is 0. The number of rotatable bonds is 8. The van der Waals surface area contributed by atoms with Crippen LogP contribution in [-0.4, -0.2) is 25.4 Å². The van der Waals surface area contributed by atoms with E-state index in [0.29, 0.717) is 13.2 Å². The van der Waals surface area contributed by atoms with Gasteiger partial charge in [0.25, 0.3) is 0 Å². The lowest BCUT2D eigenvalue weighted by Gasteiger charge is -2.29. The van der Waals surface area contributed by atoms with Crippen molar-refractivity contribution in [2.45, 2.75) is 25.4 Å². The molecule has 0 spiro atoms. The van der Waals surface area contributed by atoms with E-state index < -0.39 is 18.2 Å². The second-order valence-corrected chi connectivity index (χ2v) is 5.75. The third-order valence-corrected chi connectivity index (χ3v) is 3.80. The number of ether oxygens (including phenoxy) is 4. The SMILES string of the molecule is FC1=COC(COCc2ccccc2)C(COCc2ccccc2)O1. The standard InChI is InChI=1S/C20H21FO4/c21-20-15-24-18(13-22-11-16-7-3-1-4-8-16)19(25-20)14-23-12-17-9-5-2-6-10-17/h1-10,15,18-19H,11-14H2. The van der Waals surface area contributed by atoms with Crippen molar-refractivity contribution in [1.29, 1.82) is 0 Å². The molecule has 0 N–H and O–H groups in total. The molecule has 0 aromatic heterocycles. The van der Waals surface area contributed by atoms with Gasteiger partial charge in [0.05, 0.1) is 26.4 Å². The molecule has 2 aromatic rings. The monoisotopic (exact) mass is 344 g/mol. The number of halogens is 1. The topological polar surface area (TPSA) is 36.9 Å². The Morgan fingerprint density at radius 1 is 0.760 bits per heavy atom. The zero-order valence-electron chi connectivity index (χ0n) is 13.8. The van der Waals surface area contributed by atoms with Crippen LogP contribution < -0.4 is 0 Å². The molecule has 132 valence electrons. The first-order chi connectivity index (χ1) is 12.3. The number of benzene rings is 2. The van der Waals surface area contributed by atoms with Gasteiger partial charge in [-0.25, -0.2) is 0 Å². The molecule has 1 aliphatic heterocycles. The zero-order valence-corrected chi connectivity index (χ0v) is 13.8. The van der Waals surface area contributed by atoms with E-state index in [9.17, 15) is 4.39 Å². The van der Waals surface area contributed by atoms with Crippen molar-refractivity contribution in [3.63, 3.8) is 0 Å². The van der Waals surface area contributed by atoms with Gasteiger partial charge in [-0.15, -0.1) is 0 Å². The molecule has 3 rings (SSSR count).